The minimum atomic E-state index is -4.96. The molecule has 0 saturated heterocycles. The van der Waals surface area contributed by atoms with E-state index in [9.17, 15) is 72.9 Å². The summed E-state index contributed by atoms with van der Waals surface area (Å²) in [5, 5.41) is 153. The van der Waals surface area contributed by atoms with E-state index >= 15 is 0 Å². The lowest BCUT2D eigenvalue weighted by atomic mass is 9.69. The van der Waals surface area contributed by atoms with Gasteiger partial charge in [0, 0.05) is 234 Å². The smallest absolute Gasteiger partial charge is 0.115 e. The highest BCUT2D eigenvalue weighted by Crippen LogP contribution is 2.49. The number of benzene rings is 7. The van der Waals surface area contributed by atoms with Gasteiger partial charge >= 0.3 is 0 Å². The largest absolute Gasteiger partial charge is 0.508 e. The highest BCUT2D eigenvalue weighted by Gasteiger charge is 2.46. The van der Waals surface area contributed by atoms with Gasteiger partial charge in [-0.15, -0.1) is 0 Å². The number of rotatable bonds is 28. The normalized spacial score (nSPS) is 52.3. The monoisotopic (exact) mass is 1990 g/mol. The second-order valence-electron chi connectivity index (χ2n) is 26.8. The predicted octanol–water partition coefficient (Wildman–Crippen LogP) is 19.4. The molecular weight excluding hydrogens is 1680 g/mol. The number of aliphatic hydroxyl groups is 7. The molecule has 0 heterocycles. The molecule has 0 aliphatic heterocycles. The molecule has 7 fully saturated rings. The van der Waals surface area contributed by atoms with Crippen molar-refractivity contribution in [3.63, 3.8) is 0 Å². The van der Waals surface area contributed by atoms with E-state index in [0.29, 0.717) is 18.9 Å². The molecule has 0 radical (unpaired) electrons. The van der Waals surface area contributed by atoms with E-state index in [-0.39, 0.29) is 9.80 Å². The van der Waals surface area contributed by atoms with Crippen LogP contribution >= 0.6 is 0 Å². The van der Waals surface area contributed by atoms with Crippen molar-refractivity contribution in [3.05, 3.63) is 208 Å². The maximum atomic E-state index is 12.2. The molecule has 7 aromatic carbocycles. The molecule has 0 aromatic heterocycles. The lowest BCUT2D eigenvalue weighted by Crippen LogP contribution is -2.44. The van der Waals surface area contributed by atoms with Crippen molar-refractivity contribution in [1.29, 1.82) is 0 Å². The summed E-state index contributed by atoms with van der Waals surface area (Å²) in [6.07, 6.45) is -145. The third kappa shape index (κ3) is 35.2. The van der Waals surface area contributed by atoms with Crippen molar-refractivity contribution in [2.24, 2.45) is 5.89 Å². The number of hydrogen-bond acceptors (Lipinski definition) is 21. The summed E-state index contributed by atoms with van der Waals surface area (Å²) in [6, 6.07) is -39.4. The zero-order valence-electron chi connectivity index (χ0n) is 205. The van der Waals surface area contributed by atoms with Gasteiger partial charge in [-0.1, -0.05) is 219 Å². The Hall–Kier alpha value is -7.42. The Morgan fingerprint density at radius 3 is 0.746 bits per heavy atom. The average molecular weight is 1990 g/mol. The minimum Gasteiger partial charge on any atom is -0.508 e. The van der Waals surface area contributed by atoms with Crippen LogP contribution in [0.1, 0.15) is 489 Å². The lowest BCUT2D eigenvalue weighted by molar-refractivity contribution is -0.0423. The first-order valence-electron chi connectivity index (χ1n) is 104. The van der Waals surface area contributed by atoms with E-state index in [4.69, 9.17) is 184 Å². The van der Waals surface area contributed by atoms with Crippen molar-refractivity contribution in [1.82, 2.24) is 34.3 Å². The molecule has 21 nitrogen and oxygen atoms in total. The fourth-order valence-electron chi connectivity index (χ4n) is 10.3. The third-order valence-electron chi connectivity index (χ3n) is 15.9. The summed E-state index contributed by atoms with van der Waals surface area (Å²) in [5.41, 5.74) is -43.4. The van der Waals surface area contributed by atoms with Crippen LogP contribution < -0.4 is 0 Å². The molecule has 21 heteroatoms. The second kappa shape index (κ2) is 53.7. The summed E-state index contributed by atoms with van der Waals surface area (Å²) < 4.78 is 1100. The topological polar surface area (TPSA) is 306 Å². The molecule has 9 unspecified atom stereocenters. The van der Waals surface area contributed by atoms with Crippen molar-refractivity contribution in [2.75, 3.05) is 144 Å². The molecule has 7 saturated carbocycles. The minimum absolute atomic E-state index is 0.261. The molecule has 14 rings (SSSR count). The van der Waals surface area contributed by atoms with E-state index in [1.165, 1.54) is 14.1 Å². The van der Waals surface area contributed by atoms with Crippen LogP contribution in [0.15, 0.2) is 169 Å². The highest BCUT2D eigenvalue weighted by atomic mass is 16.3. The van der Waals surface area contributed by atoms with Gasteiger partial charge in [0.25, 0.3) is 0 Å². The number of hydrogen-bond donors (Lipinski definition) is 14. The van der Waals surface area contributed by atoms with Crippen molar-refractivity contribution in [2.45, 2.75) is 304 Å². The summed E-state index contributed by atoms with van der Waals surface area (Å²) in [7, 11) is 5.58. The maximum Gasteiger partial charge on any atom is 0.115 e. The van der Waals surface area contributed by atoms with Crippen LogP contribution in [0.3, 0.4) is 0 Å². The summed E-state index contributed by atoms with van der Waals surface area (Å²) >= 11 is 0. The van der Waals surface area contributed by atoms with E-state index in [1.807, 2.05) is 0 Å². The Bertz CT molecular complexity index is 11100. The summed E-state index contributed by atoms with van der Waals surface area (Å²) in [5.74, 6) is -41.5. The Balaban J connectivity index is 0.000000367. The Labute approximate surface area is 996 Å². The number of phenolic OH excluding ortho intramolecular Hbond substituents is 7. The highest BCUT2D eigenvalue weighted by molar-refractivity contribution is 5.37. The number of phenols is 7. The van der Waals surface area contributed by atoms with Gasteiger partial charge in [-0.2, -0.15) is 0 Å². The third-order valence-corrected chi connectivity index (χ3v) is 15.9. The Kier molecular flexibility index (Phi) is 11.1. The van der Waals surface area contributed by atoms with E-state index in [0.717, 1.165) is 26.0 Å². The first kappa shape index (κ1) is 27.7. The number of aromatic hydroxyl groups is 7. The molecule has 0 bridgehead atoms. The molecule has 7 aliphatic carbocycles. The average Bonchev–Trinajstić information content (AvgIpc) is 0.631. The van der Waals surface area contributed by atoms with Gasteiger partial charge in [0.1, 0.15) is 40.2 Å². The first-order chi connectivity index (χ1) is 116. The predicted molar refractivity (Wildman–Crippen MR) is 547 cm³/mol. The fraction of sp³-hybridized carbons (Fsp3) is 0.628. The van der Waals surface area contributed by atoms with Crippen LogP contribution in [0.4, 0.5) is 0 Å². The van der Waals surface area contributed by atoms with Crippen molar-refractivity contribution >= 4 is 0 Å². The quantitative estimate of drug-likeness (QED) is 0.0217. The Morgan fingerprint density at radius 2 is 0.478 bits per heavy atom. The van der Waals surface area contributed by atoms with Crippen LogP contribution in [0, 0.1) is 5.89 Å². The van der Waals surface area contributed by atoms with Crippen molar-refractivity contribution in [3.8, 4) is 40.2 Å². The SMILES string of the molecule is [2H]c1c([2H])c(C(C([2H])([2H])N(C([2H])([2H])[2H])C([2H])([2H])[2H])C2(O)C([2H])([2H])C([2H])([2H])C([2H])([2H])C([2H])([2H])C2([2H])[2H])c([2H])c([2H])c1O.[2H]c1c([2H])c(C([2H])(C([2H])([2H])N(C([2H])([2H])[2H])C([2H])([2H])[2H])C2(O)C([2H])([2H])C([2H])([2H])C([2H])([2H])C([2H])(C)C2([2H])[2H])c([2H])c([2H])c1O.[2H]c1c([2H])c(C([2H])(C([2H])([2H])N(C)C([2H])([2H])[2H])C2(O)C([2H])([2H])C([2H])([2H])C([2H])([2H])C([2H])([2H])C2([2H])[2H])c([2H])c([2H])c1O.[2H]c1c([2H])c(C([2H])(C([2H])([2H])N(C)C)C2(O)C([2H])([2H])C([2H])([2H])C([2H])([2H])C([2H])([2H])C2([2H])[2H])c([2H])c([2H])c1O.[2H]c1c([2H])c(C([2H])(CN(C([2H])([2H])[2H])C([2H])([2H])[2H])C2(O)C([2H])([2H])C([2H])([2H])C([2H])([2H])C([2H])([2H])C2([2H])[2H])c([2H])c([2H])c1O.[2H]c1c([2H])c(C([2H])(CN(C)C([2H])([2H])[2H])C2(O)C([2H])([2H])C([2H])([2H])C([2H])([2H])C([2H])([2H])C2([2H])[2H])c([2H])c([2H])c1O.[2H]c1c([2H])c(C([2H])(CN(C)C)C2(O)C([2H])([2H])C([2H])([2H])C([2H])([2H])C([2H])([2H])C2([2H])[2H])c([2H])c([2H])c1O. The van der Waals surface area contributed by atoms with Gasteiger partial charge in [0.2, 0.25) is 0 Å². The molecular formula is C113H177N7O14. The zero-order valence-corrected chi connectivity index (χ0v) is 70.1. The number of nitrogens with zero attached hydrogens (tertiary/aromatic N) is 7. The maximum absolute atomic E-state index is 12.2. The van der Waals surface area contributed by atoms with Gasteiger partial charge in [-0.3, -0.25) is 0 Å². The van der Waals surface area contributed by atoms with Gasteiger partial charge in [0.05, 0.1) is 77.6 Å². The number of likely N-dealkylation sites (N-methyl/N-ethyl adjacent to an activating group) is 7. The van der Waals surface area contributed by atoms with Gasteiger partial charge in [-0.05, 0) is 317 Å². The molecule has 134 heavy (non-hydrogen) atoms. The van der Waals surface area contributed by atoms with Gasteiger partial charge in [0.15, 0.2) is 0 Å². The Morgan fingerprint density at radius 1 is 0.269 bits per heavy atom. The molecule has 748 valence electrons. The van der Waals surface area contributed by atoms with Crippen LogP contribution in [-0.2, 0) is 0 Å². The first-order valence-corrected chi connectivity index (χ1v) is 36.6. The van der Waals surface area contributed by atoms with Gasteiger partial charge in [-0.25, -0.2) is 0 Å². The molecule has 14 N–H and O–H groups in total. The van der Waals surface area contributed by atoms with Gasteiger partial charge < -0.3 is 106 Å². The molecule has 0 amide bonds. The van der Waals surface area contributed by atoms with Crippen LogP contribution in [-0.4, -0.2) is 289 Å². The fourth-order valence-corrected chi connectivity index (χ4v) is 10.3. The molecule has 7 aromatic rings. The zero-order chi connectivity index (χ0) is 217. The molecule has 0 spiro atoms. The van der Waals surface area contributed by atoms with E-state index < -0.39 is 668 Å². The summed E-state index contributed by atoms with van der Waals surface area (Å²) in [4.78, 5) is -1.16. The van der Waals surface area contributed by atoms with Crippen LogP contribution in [0.2, 0.25) is 0 Å². The van der Waals surface area contributed by atoms with Crippen LogP contribution in [0.25, 0.3) is 0 Å². The standard InChI is InChI=1S/C17H27NO2.6C16H25NO2/c1-13-5-4-10-17(20,11-13)16(12-18(2)3)14-6-8-15(19)9-7-14;6*1-17(2)12-15(13-6-8-14(18)9-7-13)16(19)10-4-3-5-11-16/h6-9,13,16,19-20H,4-5,10-12H2,1-3H3;6*6-9,15,18-19H,3-5,10-12H2,1-2H3/i2D3,3D3,4D2,5D2,6D,7D,8D,9D,10D2,11D2,12D2,13D,16D;1D3,3D2,4D2,5D2,6D,7D,8D,9D,10D2,11D2,12D2,15D;1D3,2D3,3D2,4D2,5D2,6D,7D,8D,9D,10D2,11D2,15D;1D3,2D3,3D2,4D2,5D2,6D,7D,8D,9D,10D2,11D2,12D2;3D2,4D2,5D2,6D,7D,8D,9D,10D2,11D2,12D2,15D;1D3,3D2,4D2,5D2,6D,7D,8D,9D,10D2,11D2,15D;3D2,4D2,5D2,6D,7D,8D,9D,10D2,11D2,15D. The van der Waals surface area contributed by atoms with Crippen LogP contribution in [0.5, 0.6) is 40.2 Å². The second-order valence-corrected chi connectivity index (χ2v) is 26.8. The summed E-state index contributed by atoms with van der Waals surface area (Å²) in [6.45, 7) is -52.3. The lowest BCUT2D eigenvalue weighted by Gasteiger charge is -2.43. The molecule has 7 aliphatic rings. The molecule has 9 atom stereocenters. The van der Waals surface area contributed by atoms with E-state index in [1.54, 1.807) is 0 Å². The van der Waals surface area contributed by atoms with Crippen molar-refractivity contribution < 1.29 is 257 Å². The van der Waals surface area contributed by atoms with E-state index in [2.05, 4.69) is 0 Å².